The molecule has 0 aliphatic heterocycles. The molecule has 0 radical (unpaired) electrons. The summed E-state index contributed by atoms with van der Waals surface area (Å²) in [5, 5.41) is 21.7. The Morgan fingerprint density at radius 3 is 2.00 bits per heavy atom. The van der Waals surface area contributed by atoms with Crippen LogP contribution in [0.3, 0.4) is 0 Å². The minimum absolute atomic E-state index is 0.180. The first-order valence-corrected chi connectivity index (χ1v) is 12.9. The highest BCUT2D eigenvalue weighted by atomic mass is 16.6. The van der Waals surface area contributed by atoms with Gasteiger partial charge in [-0.15, -0.1) is 0 Å². The Morgan fingerprint density at radius 1 is 0.821 bits per heavy atom. The Labute approximate surface area is 226 Å². The molecule has 5 aromatic rings. The maximum absolute atomic E-state index is 11.5. The molecular weight excluding hydrogens is 488 g/mol. The zero-order valence-electron chi connectivity index (χ0n) is 21.3. The lowest BCUT2D eigenvalue weighted by Gasteiger charge is -2.23. The Bertz CT molecular complexity index is 1580. The van der Waals surface area contributed by atoms with Gasteiger partial charge in [0.2, 0.25) is 6.20 Å². The van der Waals surface area contributed by atoms with Crippen molar-refractivity contribution in [2.75, 3.05) is 0 Å². The second kappa shape index (κ2) is 11.6. The number of fused-ring (bicyclic) bond motifs is 1. The standard InChI is InChI=1S/C33H28N2O4/c36-33(37)27-20-18-24(19-21-27)10-9-16-29-28-15-7-8-17-30(28)35(31(29)22-23-34(38)39)32(25-11-3-1-4-12-25)26-13-5-2-6-14-26/h1-8,11-15,17-23,32H,9-10,16H2,(H,36,37)/b23-22+. The van der Waals surface area contributed by atoms with Gasteiger partial charge >= 0.3 is 5.97 Å². The van der Waals surface area contributed by atoms with Crippen molar-refractivity contribution in [2.24, 2.45) is 0 Å². The normalized spacial score (nSPS) is 11.4. The molecule has 0 fully saturated rings. The Balaban J connectivity index is 1.61. The van der Waals surface area contributed by atoms with Crippen LogP contribution < -0.4 is 0 Å². The maximum atomic E-state index is 11.5. The second-order valence-corrected chi connectivity index (χ2v) is 9.43. The summed E-state index contributed by atoms with van der Waals surface area (Å²) in [5.74, 6) is -0.942. The molecule has 0 bridgehead atoms. The average molecular weight is 517 g/mol. The van der Waals surface area contributed by atoms with Crippen molar-refractivity contribution in [1.82, 2.24) is 4.57 Å². The molecule has 1 heterocycles. The molecule has 1 N–H and O–H groups in total. The monoisotopic (exact) mass is 516 g/mol. The van der Waals surface area contributed by atoms with E-state index >= 15 is 0 Å². The van der Waals surface area contributed by atoms with E-state index in [0.29, 0.717) is 6.42 Å². The maximum Gasteiger partial charge on any atom is 0.335 e. The molecule has 6 heteroatoms. The van der Waals surface area contributed by atoms with E-state index in [9.17, 15) is 20.0 Å². The van der Waals surface area contributed by atoms with Gasteiger partial charge in [-0.25, -0.2) is 4.79 Å². The molecule has 0 unspecified atom stereocenters. The number of nitro groups is 1. The Kier molecular flexibility index (Phi) is 7.64. The number of aryl methyl sites for hydroxylation is 2. The lowest BCUT2D eigenvalue weighted by molar-refractivity contribution is -0.401. The van der Waals surface area contributed by atoms with Crippen LogP contribution in [-0.2, 0) is 12.8 Å². The summed E-state index contributed by atoms with van der Waals surface area (Å²) < 4.78 is 2.22. The van der Waals surface area contributed by atoms with Crippen molar-refractivity contribution < 1.29 is 14.8 Å². The van der Waals surface area contributed by atoms with Gasteiger partial charge in [0.25, 0.3) is 0 Å². The van der Waals surface area contributed by atoms with Crippen molar-refractivity contribution in [2.45, 2.75) is 25.3 Å². The molecule has 0 aliphatic carbocycles. The van der Waals surface area contributed by atoms with Gasteiger partial charge in [0.1, 0.15) is 0 Å². The van der Waals surface area contributed by atoms with Crippen molar-refractivity contribution in [3.05, 3.63) is 159 Å². The van der Waals surface area contributed by atoms with Gasteiger partial charge in [-0.1, -0.05) is 91.0 Å². The first kappa shape index (κ1) is 25.7. The topological polar surface area (TPSA) is 85.4 Å². The number of hydrogen-bond donors (Lipinski definition) is 1. The third-order valence-electron chi connectivity index (χ3n) is 6.99. The number of carboxylic acid groups (broad SMARTS) is 1. The molecule has 0 atom stereocenters. The summed E-state index contributed by atoms with van der Waals surface area (Å²) in [4.78, 5) is 22.2. The van der Waals surface area contributed by atoms with Crippen LogP contribution in [0.4, 0.5) is 0 Å². The largest absolute Gasteiger partial charge is 0.478 e. The lowest BCUT2D eigenvalue weighted by Crippen LogP contribution is -2.14. The van der Waals surface area contributed by atoms with Crippen LogP contribution in [-0.4, -0.2) is 20.6 Å². The number of aromatic carboxylic acids is 1. The highest BCUT2D eigenvalue weighted by molar-refractivity contribution is 5.89. The summed E-state index contributed by atoms with van der Waals surface area (Å²) in [6, 6.07) is 35.3. The predicted molar refractivity (Wildman–Crippen MR) is 154 cm³/mol. The smallest absolute Gasteiger partial charge is 0.335 e. The van der Waals surface area contributed by atoms with Crippen LogP contribution in [0, 0.1) is 10.1 Å². The molecule has 4 aromatic carbocycles. The third kappa shape index (κ3) is 5.65. The van der Waals surface area contributed by atoms with Gasteiger partial charge in [-0.05, 0) is 59.7 Å². The van der Waals surface area contributed by atoms with E-state index in [4.69, 9.17) is 0 Å². The van der Waals surface area contributed by atoms with E-state index < -0.39 is 10.9 Å². The van der Waals surface area contributed by atoms with Gasteiger partial charge in [-0.2, -0.15) is 0 Å². The van der Waals surface area contributed by atoms with Gasteiger partial charge in [0.15, 0.2) is 0 Å². The van der Waals surface area contributed by atoms with E-state index in [1.54, 1.807) is 18.2 Å². The fraction of sp³-hybridized carbons (Fsp3) is 0.121. The highest BCUT2D eigenvalue weighted by Crippen LogP contribution is 2.37. The van der Waals surface area contributed by atoms with Crippen LogP contribution in [0.1, 0.15) is 50.8 Å². The quantitative estimate of drug-likeness (QED) is 0.155. The van der Waals surface area contributed by atoms with Crippen LogP contribution in [0.2, 0.25) is 0 Å². The van der Waals surface area contributed by atoms with E-state index in [-0.39, 0.29) is 11.6 Å². The summed E-state index contributed by atoms with van der Waals surface area (Å²) in [6.45, 7) is 0. The van der Waals surface area contributed by atoms with Gasteiger partial charge < -0.3 is 9.67 Å². The molecule has 0 saturated heterocycles. The van der Waals surface area contributed by atoms with E-state index in [1.807, 2.05) is 60.7 Å². The average Bonchev–Trinajstić information content (AvgIpc) is 3.26. The molecular formula is C33H28N2O4. The van der Waals surface area contributed by atoms with Crippen molar-refractivity contribution >= 4 is 22.9 Å². The minimum Gasteiger partial charge on any atom is -0.478 e. The number of para-hydroxylation sites is 1. The van der Waals surface area contributed by atoms with Gasteiger partial charge in [0, 0.05) is 17.0 Å². The van der Waals surface area contributed by atoms with Crippen LogP contribution in [0.15, 0.2) is 115 Å². The number of benzene rings is 4. The van der Waals surface area contributed by atoms with Crippen LogP contribution >= 0.6 is 0 Å². The molecule has 6 nitrogen and oxygen atoms in total. The Morgan fingerprint density at radius 2 is 1.41 bits per heavy atom. The molecule has 0 aliphatic rings. The van der Waals surface area contributed by atoms with E-state index in [2.05, 4.69) is 41.0 Å². The number of carbonyl (C=O) groups is 1. The van der Waals surface area contributed by atoms with Crippen molar-refractivity contribution in [3.63, 3.8) is 0 Å². The number of carboxylic acids is 1. The molecule has 0 saturated carbocycles. The van der Waals surface area contributed by atoms with Gasteiger partial charge in [0.05, 0.1) is 22.2 Å². The van der Waals surface area contributed by atoms with Crippen molar-refractivity contribution in [3.8, 4) is 0 Å². The predicted octanol–water partition coefficient (Wildman–Crippen LogP) is 7.40. The summed E-state index contributed by atoms with van der Waals surface area (Å²) in [7, 11) is 0. The number of rotatable bonds is 10. The molecule has 1 aromatic heterocycles. The first-order chi connectivity index (χ1) is 19.0. The number of nitrogens with zero attached hydrogens (tertiary/aromatic N) is 2. The van der Waals surface area contributed by atoms with Crippen LogP contribution in [0.25, 0.3) is 17.0 Å². The fourth-order valence-electron chi connectivity index (χ4n) is 5.25. The van der Waals surface area contributed by atoms with Crippen molar-refractivity contribution in [1.29, 1.82) is 0 Å². The third-order valence-corrected chi connectivity index (χ3v) is 6.99. The number of hydrogen-bond acceptors (Lipinski definition) is 3. The van der Waals surface area contributed by atoms with E-state index in [1.165, 1.54) is 0 Å². The zero-order chi connectivity index (χ0) is 27.2. The van der Waals surface area contributed by atoms with E-state index in [0.717, 1.165) is 57.9 Å². The van der Waals surface area contributed by atoms with Gasteiger partial charge in [-0.3, -0.25) is 10.1 Å². The van der Waals surface area contributed by atoms with Crippen LogP contribution in [0.5, 0.6) is 0 Å². The fourth-order valence-corrected chi connectivity index (χ4v) is 5.25. The molecule has 39 heavy (non-hydrogen) atoms. The number of aromatic nitrogens is 1. The highest BCUT2D eigenvalue weighted by Gasteiger charge is 2.24. The Hall–Kier alpha value is -4.97. The lowest BCUT2D eigenvalue weighted by atomic mass is 9.97. The second-order valence-electron chi connectivity index (χ2n) is 9.43. The summed E-state index contributed by atoms with van der Waals surface area (Å²) >= 11 is 0. The molecule has 194 valence electrons. The first-order valence-electron chi connectivity index (χ1n) is 12.9. The minimum atomic E-state index is -0.942. The zero-order valence-corrected chi connectivity index (χ0v) is 21.3. The molecule has 0 spiro atoms. The SMILES string of the molecule is O=C(O)c1ccc(CCCc2c(/C=C/[N+](=O)[O-])n(C(c3ccccc3)c3ccccc3)c3ccccc23)cc1. The summed E-state index contributed by atoms with van der Waals surface area (Å²) in [6.07, 6.45) is 4.92. The molecule has 0 amide bonds. The molecule has 5 rings (SSSR count). The summed E-state index contributed by atoms with van der Waals surface area (Å²) in [5.41, 5.74) is 6.38.